The normalized spacial score (nSPS) is 27.8. The van der Waals surface area contributed by atoms with E-state index in [1.807, 2.05) is 6.92 Å². The van der Waals surface area contributed by atoms with E-state index in [4.69, 9.17) is 4.74 Å². The molecule has 5 nitrogen and oxygen atoms in total. The van der Waals surface area contributed by atoms with Crippen LogP contribution in [0.1, 0.15) is 40.0 Å². The molecule has 1 saturated heterocycles. The van der Waals surface area contributed by atoms with Gasteiger partial charge in [-0.3, -0.25) is 14.4 Å². The van der Waals surface area contributed by atoms with Crippen molar-refractivity contribution in [3.63, 3.8) is 0 Å². The van der Waals surface area contributed by atoms with Crippen LogP contribution < -0.4 is 0 Å². The number of nitrogens with zero attached hydrogens (tertiary/aromatic N) is 1. The number of hydrogen-bond donors (Lipinski definition) is 0. The highest BCUT2D eigenvalue weighted by Crippen LogP contribution is 2.41. The van der Waals surface area contributed by atoms with Crippen LogP contribution >= 0.6 is 0 Å². The van der Waals surface area contributed by atoms with Crippen LogP contribution in [0.5, 0.6) is 0 Å². The topological polar surface area (TPSA) is 63.7 Å². The van der Waals surface area contributed by atoms with Crippen LogP contribution in [0.3, 0.4) is 0 Å². The van der Waals surface area contributed by atoms with Crippen molar-refractivity contribution >= 4 is 17.5 Å². The van der Waals surface area contributed by atoms with Gasteiger partial charge in [0.25, 0.3) is 0 Å². The lowest BCUT2D eigenvalue weighted by molar-refractivity contribution is -0.155. The lowest BCUT2D eigenvalue weighted by Gasteiger charge is -2.36. The SMILES string of the molecule is COC(=O)[C@@H]1C(=O)/C(=C(/C)N2CCCC2)C(=O)CC1(C)C. The Kier molecular flexibility index (Phi) is 4.21. The van der Waals surface area contributed by atoms with Crippen LogP contribution in [0.2, 0.25) is 0 Å². The highest BCUT2D eigenvalue weighted by Gasteiger charge is 2.50. The Morgan fingerprint density at radius 2 is 1.81 bits per heavy atom. The summed E-state index contributed by atoms with van der Waals surface area (Å²) in [4.78, 5) is 39.2. The van der Waals surface area contributed by atoms with Crippen LogP contribution in [-0.2, 0) is 19.1 Å². The Morgan fingerprint density at radius 3 is 2.33 bits per heavy atom. The molecule has 1 saturated carbocycles. The van der Waals surface area contributed by atoms with E-state index in [2.05, 4.69) is 4.90 Å². The van der Waals surface area contributed by atoms with Gasteiger partial charge < -0.3 is 9.64 Å². The first-order valence-corrected chi connectivity index (χ1v) is 7.40. The lowest BCUT2D eigenvalue weighted by Crippen LogP contribution is -2.47. The molecule has 21 heavy (non-hydrogen) atoms. The molecule has 116 valence electrons. The molecule has 2 rings (SSSR count). The molecule has 0 spiro atoms. The average Bonchev–Trinajstić information content (AvgIpc) is 2.90. The van der Waals surface area contributed by atoms with Gasteiger partial charge in [0.15, 0.2) is 11.6 Å². The van der Waals surface area contributed by atoms with Gasteiger partial charge in [-0.2, -0.15) is 0 Å². The Balaban J connectivity index is 2.43. The largest absolute Gasteiger partial charge is 0.468 e. The van der Waals surface area contributed by atoms with E-state index in [1.54, 1.807) is 13.8 Å². The van der Waals surface area contributed by atoms with Gasteiger partial charge in [0.05, 0.1) is 12.7 Å². The Morgan fingerprint density at radius 1 is 1.24 bits per heavy atom. The number of carbonyl (C=O) groups excluding carboxylic acids is 3. The molecule has 0 unspecified atom stereocenters. The van der Waals surface area contributed by atoms with E-state index in [0.29, 0.717) is 5.70 Å². The van der Waals surface area contributed by atoms with Crippen molar-refractivity contribution in [2.75, 3.05) is 20.2 Å². The van der Waals surface area contributed by atoms with E-state index in [-0.39, 0.29) is 23.6 Å². The van der Waals surface area contributed by atoms with Gasteiger partial charge >= 0.3 is 5.97 Å². The second-order valence-electron chi connectivity index (χ2n) is 6.56. The van der Waals surface area contributed by atoms with Crippen molar-refractivity contribution in [2.24, 2.45) is 11.3 Å². The number of allylic oxidation sites excluding steroid dienone is 2. The number of likely N-dealkylation sites (tertiary alicyclic amines) is 1. The molecule has 0 amide bonds. The predicted molar refractivity (Wildman–Crippen MR) is 77.4 cm³/mol. The first-order chi connectivity index (χ1) is 9.79. The van der Waals surface area contributed by atoms with E-state index >= 15 is 0 Å². The summed E-state index contributed by atoms with van der Waals surface area (Å²) >= 11 is 0. The van der Waals surface area contributed by atoms with Gasteiger partial charge in [-0.05, 0) is 25.2 Å². The number of Topliss-reactive ketones (excluding diaryl/α,β-unsaturated/α-hetero) is 2. The van der Waals surface area contributed by atoms with Crippen molar-refractivity contribution < 1.29 is 19.1 Å². The standard InChI is InChI=1S/C16H23NO4/c1-10(17-7-5-6-8-17)12-11(18)9-16(2,3)13(14(12)19)15(20)21-4/h13H,5-9H2,1-4H3/b12-10-/t13-/m0/s1. The molecule has 0 radical (unpaired) electrons. The maximum atomic E-state index is 12.7. The van der Waals surface area contributed by atoms with Gasteiger partial charge in [-0.1, -0.05) is 13.8 Å². The zero-order valence-electron chi connectivity index (χ0n) is 13.2. The summed E-state index contributed by atoms with van der Waals surface area (Å²) in [6.07, 6.45) is 2.33. The molecule has 1 aliphatic carbocycles. The predicted octanol–water partition coefficient (Wildman–Crippen LogP) is 1.71. The minimum absolute atomic E-state index is 0.158. The number of ether oxygens (including phenoxy) is 1. The van der Waals surface area contributed by atoms with Gasteiger partial charge in [-0.15, -0.1) is 0 Å². The molecule has 1 aliphatic heterocycles. The zero-order chi connectivity index (χ0) is 15.8. The van der Waals surface area contributed by atoms with E-state index in [1.165, 1.54) is 7.11 Å². The van der Waals surface area contributed by atoms with Crippen molar-refractivity contribution in [1.29, 1.82) is 0 Å². The molecule has 2 fully saturated rings. The minimum atomic E-state index is -0.896. The van der Waals surface area contributed by atoms with Crippen LogP contribution in [0.4, 0.5) is 0 Å². The fraction of sp³-hybridized carbons (Fsp3) is 0.688. The molecule has 1 heterocycles. The molecular formula is C16H23NO4. The first kappa shape index (κ1) is 15.7. The fourth-order valence-corrected chi connectivity index (χ4v) is 3.38. The van der Waals surface area contributed by atoms with E-state index in [9.17, 15) is 14.4 Å². The Hall–Kier alpha value is -1.65. The van der Waals surface area contributed by atoms with Crippen molar-refractivity contribution in [3.8, 4) is 0 Å². The molecule has 0 aromatic carbocycles. The fourth-order valence-electron chi connectivity index (χ4n) is 3.38. The summed E-state index contributed by atoms with van der Waals surface area (Å²) in [5.74, 6) is -1.99. The highest BCUT2D eigenvalue weighted by atomic mass is 16.5. The summed E-state index contributed by atoms with van der Waals surface area (Å²) in [6, 6.07) is 0. The van der Waals surface area contributed by atoms with Crippen LogP contribution in [0, 0.1) is 11.3 Å². The summed E-state index contributed by atoms with van der Waals surface area (Å²) in [6.45, 7) is 7.08. The number of hydrogen-bond acceptors (Lipinski definition) is 5. The minimum Gasteiger partial charge on any atom is -0.468 e. The van der Waals surface area contributed by atoms with Gasteiger partial charge in [0.1, 0.15) is 5.92 Å². The third-order valence-corrected chi connectivity index (χ3v) is 4.56. The summed E-state index contributed by atoms with van der Waals surface area (Å²) in [5, 5.41) is 0. The Bertz CT molecular complexity index is 512. The van der Waals surface area contributed by atoms with Crippen molar-refractivity contribution in [3.05, 3.63) is 11.3 Å². The van der Waals surface area contributed by atoms with E-state index in [0.717, 1.165) is 25.9 Å². The number of ketones is 2. The summed E-state index contributed by atoms with van der Waals surface area (Å²) < 4.78 is 4.78. The molecule has 0 aromatic rings. The molecule has 5 heteroatoms. The number of esters is 1. The molecule has 1 atom stereocenters. The molecular weight excluding hydrogens is 270 g/mol. The zero-order valence-corrected chi connectivity index (χ0v) is 13.2. The molecule has 2 aliphatic rings. The molecule has 0 bridgehead atoms. The van der Waals surface area contributed by atoms with E-state index < -0.39 is 17.3 Å². The van der Waals surface area contributed by atoms with Crippen LogP contribution in [-0.4, -0.2) is 42.6 Å². The Labute approximate surface area is 125 Å². The third-order valence-electron chi connectivity index (χ3n) is 4.56. The van der Waals surface area contributed by atoms with Gasteiger partial charge in [-0.25, -0.2) is 0 Å². The average molecular weight is 293 g/mol. The third kappa shape index (κ3) is 2.74. The van der Waals surface area contributed by atoms with Gasteiger partial charge in [0.2, 0.25) is 0 Å². The van der Waals surface area contributed by atoms with Crippen LogP contribution in [0.25, 0.3) is 0 Å². The molecule has 0 N–H and O–H groups in total. The number of methoxy groups -OCH3 is 1. The lowest BCUT2D eigenvalue weighted by atomic mass is 9.65. The smallest absolute Gasteiger partial charge is 0.317 e. The second kappa shape index (κ2) is 5.62. The summed E-state index contributed by atoms with van der Waals surface area (Å²) in [5.41, 5.74) is 0.217. The molecule has 0 aromatic heterocycles. The number of rotatable bonds is 2. The maximum Gasteiger partial charge on any atom is 0.317 e. The highest BCUT2D eigenvalue weighted by molar-refractivity contribution is 6.27. The summed E-state index contributed by atoms with van der Waals surface area (Å²) in [7, 11) is 1.28. The first-order valence-electron chi connectivity index (χ1n) is 7.40. The van der Waals surface area contributed by atoms with Crippen molar-refractivity contribution in [1.82, 2.24) is 4.90 Å². The van der Waals surface area contributed by atoms with Crippen LogP contribution in [0.15, 0.2) is 11.3 Å². The van der Waals surface area contributed by atoms with Crippen molar-refractivity contribution in [2.45, 2.75) is 40.0 Å². The van der Waals surface area contributed by atoms with Gasteiger partial charge in [0, 0.05) is 25.2 Å². The monoisotopic (exact) mass is 293 g/mol. The number of carbonyl (C=O) groups is 3. The maximum absolute atomic E-state index is 12.7. The second-order valence-corrected chi connectivity index (χ2v) is 6.56. The quantitative estimate of drug-likeness (QED) is 0.336.